The van der Waals surface area contributed by atoms with E-state index in [0.717, 1.165) is 18.8 Å². The van der Waals surface area contributed by atoms with E-state index in [1.54, 1.807) is 12.1 Å². The Labute approximate surface area is 110 Å². The van der Waals surface area contributed by atoms with E-state index in [0.29, 0.717) is 17.9 Å². The SMILES string of the molecule is CCCS(=O)(=O)c1ccc(N(CC)CCN)cc1. The molecule has 2 N–H and O–H groups in total. The molecule has 0 aliphatic carbocycles. The third-order valence-corrected chi connectivity index (χ3v) is 4.75. The second kappa shape index (κ2) is 6.75. The maximum absolute atomic E-state index is 11.9. The summed E-state index contributed by atoms with van der Waals surface area (Å²) in [5.41, 5.74) is 6.56. The highest BCUT2D eigenvalue weighted by Gasteiger charge is 2.13. The maximum Gasteiger partial charge on any atom is 0.178 e. The number of anilines is 1. The number of hydrogen-bond acceptors (Lipinski definition) is 4. The van der Waals surface area contributed by atoms with Gasteiger partial charge in [0.05, 0.1) is 10.6 Å². The number of likely N-dealkylation sites (N-methyl/N-ethyl adjacent to an activating group) is 1. The Morgan fingerprint density at radius 3 is 2.22 bits per heavy atom. The topological polar surface area (TPSA) is 63.4 Å². The van der Waals surface area contributed by atoms with Crippen LogP contribution in [0, 0.1) is 0 Å². The lowest BCUT2D eigenvalue weighted by molar-refractivity contribution is 0.594. The maximum atomic E-state index is 11.9. The van der Waals surface area contributed by atoms with Gasteiger partial charge in [-0.15, -0.1) is 0 Å². The van der Waals surface area contributed by atoms with Gasteiger partial charge >= 0.3 is 0 Å². The molecule has 0 fully saturated rings. The molecule has 0 bridgehead atoms. The second-order valence-corrected chi connectivity index (χ2v) is 6.29. The minimum Gasteiger partial charge on any atom is -0.371 e. The molecule has 4 nitrogen and oxygen atoms in total. The number of nitrogens with two attached hydrogens (primary N) is 1. The molecule has 1 rings (SSSR count). The molecule has 0 aliphatic rings. The van der Waals surface area contributed by atoms with Crippen LogP contribution in [-0.2, 0) is 9.84 Å². The third-order valence-electron chi connectivity index (χ3n) is 2.81. The molecule has 0 atom stereocenters. The van der Waals surface area contributed by atoms with E-state index in [1.807, 2.05) is 19.1 Å². The highest BCUT2D eigenvalue weighted by molar-refractivity contribution is 7.91. The first-order valence-electron chi connectivity index (χ1n) is 6.33. The summed E-state index contributed by atoms with van der Waals surface area (Å²) in [6.07, 6.45) is 0.637. The predicted molar refractivity (Wildman–Crippen MR) is 75.7 cm³/mol. The molecule has 0 heterocycles. The van der Waals surface area contributed by atoms with Crippen LogP contribution in [0.2, 0.25) is 0 Å². The second-order valence-electron chi connectivity index (χ2n) is 4.18. The molecule has 5 heteroatoms. The molecule has 1 aromatic carbocycles. The molecule has 0 saturated carbocycles. The Balaban J connectivity index is 2.92. The van der Waals surface area contributed by atoms with Crippen molar-refractivity contribution in [3.8, 4) is 0 Å². The molecular weight excluding hydrogens is 248 g/mol. The quantitative estimate of drug-likeness (QED) is 0.818. The summed E-state index contributed by atoms with van der Waals surface area (Å²) in [7, 11) is -3.12. The Bertz CT molecular complexity index is 454. The van der Waals surface area contributed by atoms with Crippen LogP contribution in [-0.4, -0.2) is 33.8 Å². The first kappa shape index (κ1) is 15.0. The van der Waals surface area contributed by atoms with Gasteiger partial charge < -0.3 is 10.6 Å². The van der Waals surface area contributed by atoms with Gasteiger partial charge in [-0.05, 0) is 37.6 Å². The summed E-state index contributed by atoms with van der Waals surface area (Å²) in [5, 5.41) is 0. The first-order chi connectivity index (χ1) is 8.55. The predicted octanol–water partition coefficient (Wildman–Crippen LogP) is 1.66. The van der Waals surface area contributed by atoms with Crippen LogP contribution in [0.4, 0.5) is 5.69 Å². The standard InChI is InChI=1S/C13H22N2O2S/c1-3-11-18(16,17)13-7-5-12(6-8-13)15(4-2)10-9-14/h5-8H,3-4,9-11,14H2,1-2H3. The summed E-state index contributed by atoms with van der Waals surface area (Å²) in [6, 6.07) is 7.06. The average molecular weight is 270 g/mol. The summed E-state index contributed by atoms with van der Waals surface area (Å²) in [5.74, 6) is 0.201. The number of benzene rings is 1. The van der Waals surface area contributed by atoms with E-state index >= 15 is 0 Å². The van der Waals surface area contributed by atoms with Crippen molar-refractivity contribution in [3.63, 3.8) is 0 Å². The van der Waals surface area contributed by atoms with Crippen LogP contribution in [0.15, 0.2) is 29.2 Å². The minimum atomic E-state index is -3.12. The molecule has 0 spiro atoms. The van der Waals surface area contributed by atoms with Crippen molar-refractivity contribution in [2.45, 2.75) is 25.2 Å². The highest BCUT2D eigenvalue weighted by atomic mass is 32.2. The average Bonchev–Trinajstić information content (AvgIpc) is 2.36. The van der Waals surface area contributed by atoms with E-state index in [2.05, 4.69) is 11.8 Å². The van der Waals surface area contributed by atoms with E-state index in [-0.39, 0.29) is 5.75 Å². The van der Waals surface area contributed by atoms with Crippen LogP contribution in [0.25, 0.3) is 0 Å². The van der Waals surface area contributed by atoms with Gasteiger partial charge in [0.1, 0.15) is 0 Å². The van der Waals surface area contributed by atoms with E-state index in [4.69, 9.17) is 5.73 Å². The molecule has 0 unspecified atom stereocenters. The molecule has 102 valence electrons. The van der Waals surface area contributed by atoms with Gasteiger partial charge in [0.25, 0.3) is 0 Å². The third kappa shape index (κ3) is 3.71. The molecule has 0 radical (unpaired) electrons. The summed E-state index contributed by atoms with van der Waals surface area (Å²) in [6.45, 7) is 6.14. The van der Waals surface area contributed by atoms with Crippen LogP contribution < -0.4 is 10.6 Å². The van der Waals surface area contributed by atoms with Gasteiger partial charge in [-0.3, -0.25) is 0 Å². The first-order valence-corrected chi connectivity index (χ1v) is 7.98. The lowest BCUT2D eigenvalue weighted by atomic mass is 10.3. The zero-order valence-corrected chi connectivity index (χ0v) is 11.9. The van der Waals surface area contributed by atoms with Crippen LogP contribution >= 0.6 is 0 Å². The van der Waals surface area contributed by atoms with Crippen LogP contribution in [0.1, 0.15) is 20.3 Å². The van der Waals surface area contributed by atoms with E-state index < -0.39 is 9.84 Å². The van der Waals surface area contributed by atoms with Crippen molar-refractivity contribution in [2.75, 3.05) is 30.3 Å². The molecule has 1 aromatic rings. The molecule has 0 aliphatic heterocycles. The normalized spacial score (nSPS) is 11.5. The highest BCUT2D eigenvalue weighted by Crippen LogP contribution is 2.19. The Hall–Kier alpha value is -1.07. The van der Waals surface area contributed by atoms with Gasteiger partial charge in [0, 0.05) is 25.3 Å². The fraction of sp³-hybridized carbons (Fsp3) is 0.538. The van der Waals surface area contributed by atoms with Crippen LogP contribution in [0.5, 0.6) is 0 Å². The minimum absolute atomic E-state index is 0.201. The van der Waals surface area contributed by atoms with Crippen molar-refractivity contribution in [3.05, 3.63) is 24.3 Å². The fourth-order valence-electron chi connectivity index (χ4n) is 1.88. The van der Waals surface area contributed by atoms with Gasteiger partial charge in [-0.25, -0.2) is 8.42 Å². The number of rotatable bonds is 7. The summed E-state index contributed by atoms with van der Waals surface area (Å²) in [4.78, 5) is 2.52. The van der Waals surface area contributed by atoms with Gasteiger partial charge in [0.2, 0.25) is 0 Å². The lowest BCUT2D eigenvalue weighted by Gasteiger charge is -2.22. The Kier molecular flexibility index (Phi) is 5.62. The van der Waals surface area contributed by atoms with Crippen molar-refractivity contribution < 1.29 is 8.42 Å². The lowest BCUT2D eigenvalue weighted by Crippen LogP contribution is -2.29. The molecule has 18 heavy (non-hydrogen) atoms. The van der Waals surface area contributed by atoms with Crippen LogP contribution in [0.3, 0.4) is 0 Å². The van der Waals surface area contributed by atoms with Gasteiger partial charge in [0.15, 0.2) is 9.84 Å². The number of nitrogens with zero attached hydrogens (tertiary/aromatic N) is 1. The van der Waals surface area contributed by atoms with Crippen molar-refractivity contribution in [1.82, 2.24) is 0 Å². The van der Waals surface area contributed by atoms with Gasteiger partial charge in [-0.1, -0.05) is 6.92 Å². The molecule has 0 amide bonds. The summed E-state index contributed by atoms with van der Waals surface area (Å²) < 4.78 is 23.7. The van der Waals surface area contributed by atoms with E-state index in [1.165, 1.54) is 0 Å². The number of sulfone groups is 1. The Morgan fingerprint density at radius 2 is 1.78 bits per heavy atom. The summed E-state index contributed by atoms with van der Waals surface area (Å²) >= 11 is 0. The van der Waals surface area contributed by atoms with Crippen molar-refractivity contribution in [1.29, 1.82) is 0 Å². The Morgan fingerprint density at radius 1 is 1.17 bits per heavy atom. The molecule has 0 saturated heterocycles. The largest absolute Gasteiger partial charge is 0.371 e. The van der Waals surface area contributed by atoms with Gasteiger partial charge in [-0.2, -0.15) is 0 Å². The van der Waals surface area contributed by atoms with Crippen molar-refractivity contribution >= 4 is 15.5 Å². The van der Waals surface area contributed by atoms with E-state index in [9.17, 15) is 8.42 Å². The monoisotopic (exact) mass is 270 g/mol. The van der Waals surface area contributed by atoms with Crippen molar-refractivity contribution in [2.24, 2.45) is 5.73 Å². The fourth-order valence-corrected chi connectivity index (χ4v) is 3.20. The zero-order valence-electron chi connectivity index (χ0n) is 11.1. The smallest absolute Gasteiger partial charge is 0.178 e. The molecule has 0 aromatic heterocycles. The zero-order chi connectivity index (χ0) is 13.6. The molecular formula is C13H22N2O2S. The number of hydrogen-bond donors (Lipinski definition) is 1.